The lowest BCUT2D eigenvalue weighted by Crippen LogP contribution is -2.15. The van der Waals surface area contributed by atoms with Gasteiger partial charge in [0, 0.05) is 16.5 Å². The molecule has 0 radical (unpaired) electrons. The van der Waals surface area contributed by atoms with Gasteiger partial charge in [0.1, 0.15) is 5.69 Å². The van der Waals surface area contributed by atoms with E-state index in [0.29, 0.717) is 10.8 Å². The number of halogens is 1. The van der Waals surface area contributed by atoms with Gasteiger partial charge in [0.25, 0.3) is 5.69 Å². The quantitative estimate of drug-likeness (QED) is 0.286. The average molecular weight is 428 g/mol. The van der Waals surface area contributed by atoms with Crippen molar-refractivity contribution in [2.45, 2.75) is 12.1 Å². The van der Waals surface area contributed by atoms with Crippen molar-refractivity contribution in [2.24, 2.45) is 0 Å². The van der Waals surface area contributed by atoms with Gasteiger partial charge in [-0.3, -0.25) is 19.3 Å². The summed E-state index contributed by atoms with van der Waals surface area (Å²) in [4.78, 5) is 23.0. The topological polar surface area (TPSA) is 102 Å². The molecule has 0 bridgehead atoms. The van der Waals surface area contributed by atoms with E-state index in [1.807, 2.05) is 41.7 Å². The van der Waals surface area contributed by atoms with E-state index in [2.05, 4.69) is 15.5 Å². The van der Waals surface area contributed by atoms with Crippen molar-refractivity contribution in [3.05, 3.63) is 69.2 Å². The molecule has 0 spiro atoms. The van der Waals surface area contributed by atoms with E-state index < -0.39 is 10.8 Å². The predicted molar refractivity (Wildman–Crippen MR) is 113 cm³/mol. The molecule has 0 aliphatic carbocycles. The number of para-hydroxylation sites is 1. The number of aryl methyl sites for hydroxylation is 1. The molecule has 0 atom stereocenters. The van der Waals surface area contributed by atoms with Gasteiger partial charge < -0.3 is 5.32 Å². The largest absolute Gasteiger partial charge is 0.320 e. The molecule has 8 nitrogen and oxygen atoms in total. The third-order valence-corrected chi connectivity index (χ3v) is 5.50. The number of hydrogen-bond acceptors (Lipinski definition) is 6. The highest BCUT2D eigenvalue weighted by Crippen LogP contribution is 2.29. The monoisotopic (exact) mass is 427 g/mol. The van der Waals surface area contributed by atoms with Gasteiger partial charge in [0.05, 0.1) is 16.2 Å². The van der Waals surface area contributed by atoms with Crippen LogP contribution < -0.4 is 5.32 Å². The minimum absolute atomic E-state index is 0.0166. The average Bonchev–Trinajstić information content (AvgIpc) is 3.10. The molecule has 0 saturated carbocycles. The summed E-state index contributed by atoms with van der Waals surface area (Å²) in [5.41, 5.74) is 2.56. The summed E-state index contributed by atoms with van der Waals surface area (Å²) in [7, 11) is 0. The summed E-state index contributed by atoms with van der Waals surface area (Å²) in [6, 6.07) is 13.9. The number of nitro benzene ring substituents is 1. The zero-order chi connectivity index (χ0) is 20.5. The minimum Gasteiger partial charge on any atom is -0.320 e. The summed E-state index contributed by atoms with van der Waals surface area (Å²) in [6.07, 6.45) is 0. The first-order valence-corrected chi connectivity index (χ1v) is 9.90. The second-order valence-corrected chi connectivity index (χ2v) is 7.66. The van der Waals surface area contributed by atoms with Crippen LogP contribution in [0.3, 0.4) is 0 Å². The molecule has 2 heterocycles. The number of nitrogens with zero attached hydrogens (tertiary/aromatic N) is 4. The number of benzene rings is 2. The number of carbonyl (C=O) groups excluding carboxylic acids is 1. The lowest BCUT2D eigenvalue weighted by molar-refractivity contribution is -0.383. The zero-order valence-electron chi connectivity index (χ0n) is 15.1. The van der Waals surface area contributed by atoms with Crippen LogP contribution in [0, 0.1) is 17.0 Å². The van der Waals surface area contributed by atoms with Gasteiger partial charge in [-0.05, 0) is 36.8 Å². The van der Waals surface area contributed by atoms with Crippen LogP contribution in [0.1, 0.15) is 5.56 Å². The number of nitro groups is 1. The van der Waals surface area contributed by atoms with Crippen molar-refractivity contribution in [1.29, 1.82) is 0 Å². The molecule has 0 aliphatic heterocycles. The van der Waals surface area contributed by atoms with Gasteiger partial charge in [-0.15, -0.1) is 10.2 Å². The number of aromatic nitrogens is 3. The fourth-order valence-electron chi connectivity index (χ4n) is 3.05. The van der Waals surface area contributed by atoms with Crippen LogP contribution in [0.15, 0.2) is 53.7 Å². The number of fused-ring (bicyclic) bond motifs is 3. The lowest BCUT2D eigenvalue weighted by atomic mass is 10.1. The molecule has 4 rings (SSSR count). The molecule has 4 aromatic rings. The van der Waals surface area contributed by atoms with E-state index >= 15 is 0 Å². The Kier molecular flexibility index (Phi) is 5.08. The Hall–Kier alpha value is -3.17. The van der Waals surface area contributed by atoms with Crippen LogP contribution in [0.4, 0.5) is 11.4 Å². The first-order valence-electron chi connectivity index (χ1n) is 8.54. The fourth-order valence-corrected chi connectivity index (χ4v) is 3.96. The normalized spacial score (nSPS) is 11.1. The smallest absolute Gasteiger partial charge is 0.294 e. The number of amides is 1. The van der Waals surface area contributed by atoms with Gasteiger partial charge >= 0.3 is 0 Å². The Labute approximate surface area is 174 Å². The van der Waals surface area contributed by atoms with Crippen molar-refractivity contribution >= 4 is 57.2 Å². The number of nitrogens with one attached hydrogen (secondary N) is 1. The van der Waals surface area contributed by atoms with Crippen molar-refractivity contribution in [1.82, 2.24) is 14.6 Å². The molecular weight excluding hydrogens is 414 g/mol. The van der Waals surface area contributed by atoms with Crippen molar-refractivity contribution in [2.75, 3.05) is 11.1 Å². The Morgan fingerprint density at radius 3 is 2.83 bits per heavy atom. The van der Waals surface area contributed by atoms with Crippen LogP contribution in [0.5, 0.6) is 0 Å². The first kappa shape index (κ1) is 19.2. The van der Waals surface area contributed by atoms with E-state index in [0.717, 1.165) is 16.5 Å². The van der Waals surface area contributed by atoms with Crippen LogP contribution in [0.2, 0.25) is 5.02 Å². The Bertz CT molecular complexity index is 1270. The summed E-state index contributed by atoms with van der Waals surface area (Å²) >= 11 is 7.00. The summed E-state index contributed by atoms with van der Waals surface area (Å²) in [5.74, 6) is -0.378. The number of thioether (sulfide) groups is 1. The van der Waals surface area contributed by atoms with Crippen LogP contribution in [-0.2, 0) is 4.79 Å². The first-order chi connectivity index (χ1) is 13.9. The number of hydrogen-bond donors (Lipinski definition) is 1. The van der Waals surface area contributed by atoms with Gasteiger partial charge in [0.2, 0.25) is 5.91 Å². The molecule has 0 unspecified atom stereocenters. The third kappa shape index (κ3) is 3.74. The molecule has 0 fully saturated rings. The minimum atomic E-state index is -0.588. The second-order valence-electron chi connectivity index (χ2n) is 6.28. The molecular formula is C19H14ClN5O3S. The molecule has 0 saturated heterocycles. The highest BCUT2D eigenvalue weighted by atomic mass is 35.5. The maximum absolute atomic E-state index is 12.4. The van der Waals surface area contributed by atoms with Crippen LogP contribution in [-0.4, -0.2) is 31.2 Å². The highest BCUT2D eigenvalue weighted by Gasteiger charge is 2.18. The number of anilines is 1. The summed E-state index contributed by atoms with van der Waals surface area (Å²) < 4.78 is 1.89. The van der Waals surface area contributed by atoms with Gasteiger partial charge in [-0.2, -0.15) is 0 Å². The third-order valence-electron chi connectivity index (χ3n) is 4.34. The Balaban J connectivity index is 1.57. The number of rotatable bonds is 5. The van der Waals surface area contributed by atoms with Crippen LogP contribution >= 0.6 is 23.4 Å². The molecule has 10 heteroatoms. The predicted octanol–water partition coefficient (Wildman–Crippen LogP) is 4.48. The van der Waals surface area contributed by atoms with Gasteiger partial charge in [0.15, 0.2) is 10.8 Å². The Morgan fingerprint density at radius 1 is 1.24 bits per heavy atom. The van der Waals surface area contributed by atoms with Crippen LogP contribution in [0.25, 0.3) is 16.6 Å². The zero-order valence-corrected chi connectivity index (χ0v) is 16.7. The number of carbonyl (C=O) groups is 1. The maximum Gasteiger partial charge on any atom is 0.294 e. The maximum atomic E-state index is 12.4. The molecule has 1 N–H and O–H groups in total. The molecule has 0 aliphatic rings. The molecule has 2 aromatic carbocycles. The van der Waals surface area contributed by atoms with Gasteiger partial charge in [-0.25, -0.2) is 0 Å². The van der Waals surface area contributed by atoms with E-state index in [-0.39, 0.29) is 22.2 Å². The van der Waals surface area contributed by atoms with E-state index in [4.69, 9.17) is 11.6 Å². The number of pyridine rings is 1. The summed E-state index contributed by atoms with van der Waals surface area (Å²) in [6.45, 7) is 2.01. The van der Waals surface area contributed by atoms with E-state index in [1.54, 1.807) is 0 Å². The standard InChI is InChI=1S/C19H14ClN5O3S/c1-11-8-17-22-23-19(24(17)15-5-3-2-4-13(11)15)29-10-18(26)21-14-7-6-12(20)9-16(14)25(27)28/h2-9H,10H2,1H3,(H,21,26). The van der Waals surface area contributed by atoms with Gasteiger partial charge in [-0.1, -0.05) is 41.6 Å². The molecule has 1 amide bonds. The van der Waals surface area contributed by atoms with Crippen molar-refractivity contribution in [3.63, 3.8) is 0 Å². The highest BCUT2D eigenvalue weighted by molar-refractivity contribution is 7.99. The SMILES string of the molecule is Cc1cc2nnc(SCC(=O)Nc3ccc(Cl)cc3[N+](=O)[O-])n2c2ccccc12. The van der Waals surface area contributed by atoms with Crippen molar-refractivity contribution < 1.29 is 9.72 Å². The summed E-state index contributed by atoms with van der Waals surface area (Å²) in [5, 5.41) is 24.0. The molecule has 2 aromatic heterocycles. The Morgan fingerprint density at radius 2 is 2.03 bits per heavy atom. The van der Waals surface area contributed by atoms with Crippen molar-refractivity contribution in [3.8, 4) is 0 Å². The lowest BCUT2D eigenvalue weighted by Gasteiger charge is -2.08. The molecule has 146 valence electrons. The van der Waals surface area contributed by atoms with E-state index in [1.165, 1.54) is 30.0 Å². The van der Waals surface area contributed by atoms with E-state index in [9.17, 15) is 14.9 Å². The second kappa shape index (κ2) is 7.69. The molecule has 29 heavy (non-hydrogen) atoms. The fraction of sp³-hybridized carbons (Fsp3) is 0.105.